The van der Waals surface area contributed by atoms with E-state index in [0.717, 1.165) is 36.9 Å². The first-order chi connectivity index (χ1) is 15.6. The number of rotatable bonds is 6. The molecule has 0 unspecified atom stereocenters. The molecule has 1 aliphatic carbocycles. The van der Waals surface area contributed by atoms with Crippen molar-refractivity contribution in [2.75, 3.05) is 19.0 Å². The standard InChI is InChI=1S/C25H27N3O4/c1-31-24(29)16-32-23-15-22(17-8-4-2-5-9-17)28-21-13-12-19(14-20(21)23)27-25(30)26-18-10-6-3-7-11-18/h2,4-5,8-9,12-15,18H,3,6-7,10-11,16H2,1H3,(H2,26,27,30). The number of aromatic nitrogens is 1. The quantitative estimate of drug-likeness (QED) is 0.539. The number of pyridine rings is 1. The third-order valence-corrected chi connectivity index (χ3v) is 5.61. The highest BCUT2D eigenvalue weighted by Gasteiger charge is 2.16. The Bertz CT molecular complexity index is 1100. The Balaban J connectivity index is 1.61. The third kappa shape index (κ3) is 5.35. The maximum Gasteiger partial charge on any atom is 0.343 e. The van der Waals surface area contributed by atoms with Crippen LogP contribution < -0.4 is 15.4 Å². The van der Waals surface area contributed by atoms with Gasteiger partial charge in [0.1, 0.15) is 5.75 Å². The topological polar surface area (TPSA) is 89.6 Å². The summed E-state index contributed by atoms with van der Waals surface area (Å²) in [4.78, 5) is 28.9. The molecule has 0 atom stereocenters. The molecule has 7 heteroatoms. The summed E-state index contributed by atoms with van der Waals surface area (Å²) in [5, 5.41) is 6.65. The molecule has 3 aromatic rings. The Hall–Kier alpha value is -3.61. The lowest BCUT2D eigenvalue weighted by Gasteiger charge is -2.23. The van der Waals surface area contributed by atoms with Crippen LogP contribution in [0.2, 0.25) is 0 Å². The van der Waals surface area contributed by atoms with Gasteiger partial charge in [0.05, 0.1) is 18.3 Å². The molecule has 0 aliphatic heterocycles. The lowest BCUT2D eigenvalue weighted by Crippen LogP contribution is -2.39. The fraction of sp³-hybridized carbons (Fsp3) is 0.320. The zero-order valence-corrected chi connectivity index (χ0v) is 18.1. The number of esters is 1. The zero-order chi connectivity index (χ0) is 22.3. The highest BCUT2D eigenvalue weighted by molar-refractivity contribution is 5.95. The summed E-state index contributed by atoms with van der Waals surface area (Å²) in [6, 6.07) is 17.0. The van der Waals surface area contributed by atoms with E-state index in [1.165, 1.54) is 13.5 Å². The second kappa shape index (κ2) is 10.1. The number of hydrogen-bond donors (Lipinski definition) is 2. The third-order valence-electron chi connectivity index (χ3n) is 5.61. The van der Waals surface area contributed by atoms with Gasteiger partial charge in [-0.3, -0.25) is 0 Å². The second-order valence-corrected chi connectivity index (χ2v) is 7.90. The summed E-state index contributed by atoms with van der Waals surface area (Å²) in [6.45, 7) is -0.219. The molecule has 1 fully saturated rings. The highest BCUT2D eigenvalue weighted by atomic mass is 16.6. The van der Waals surface area contributed by atoms with Gasteiger partial charge in [-0.2, -0.15) is 0 Å². The van der Waals surface area contributed by atoms with Crippen molar-refractivity contribution in [2.24, 2.45) is 0 Å². The van der Waals surface area contributed by atoms with Gasteiger partial charge in [0.25, 0.3) is 0 Å². The molecule has 1 saturated carbocycles. The smallest absolute Gasteiger partial charge is 0.343 e. The molecule has 1 heterocycles. The number of carbonyl (C=O) groups is 2. The van der Waals surface area contributed by atoms with Crippen molar-refractivity contribution in [1.29, 1.82) is 0 Å². The summed E-state index contributed by atoms with van der Waals surface area (Å²) in [5.74, 6) is 0.0213. The van der Waals surface area contributed by atoms with E-state index in [2.05, 4.69) is 10.6 Å². The van der Waals surface area contributed by atoms with Crippen LogP contribution in [0.4, 0.5) is 10.5 Å². The largest absolute Gasteiger partial charge is 0.481 e. The predicted octanol–water partition coefficient (Wildman–Crippen LogP) is 4.91. The summed E-state index contributed by atoms with van der Waals surface area (Å²) in [6.07, 6.45) is 5.57. The number of hydrogen-bond acceptors (Lipinski definition) is 5. The number of ether oxygens (including phenoxy) is 2. The van der Waals surface area contributed by atoms with Crippen molar-refractivity contribution in [1.82, 2.24) is 10.3 Å². The van der Waals surface area contributed by atoms with Crippen molar-refractivity contribution in [3.8, 4) is 17.0 Å². The Morgan fingerprint density at radius 1 is 1.03 bits per heavy atom. The second-order valence-electron chi connectivity index (χ2n) is 7.90. The minimum Gasteiger partial charge on any atom is -0.481 e. The average Bonchev–Trinajstić information content (AvgIpc) is 2.83. The Kier molecular flexibility index (Phi) is 6.84. The van der Waals surface area contributed by atoms with Crippen molar-refractivity contribution >= 4 is 28.6 Å². The molecule has 166 valence electrons. The average molecular weight is 434 g/mol. The lowest BCUT2D eigenvalue weighted by molar-refractivity contribution is -0.142. The van der Waals surface area contributed by atoms with Crippen LogP contribution in [0.5, 0.6) is 5.75 Å². The van der Waals surface area contributed by atoms with E-state index in [1.807, 2.05) is 48.5 Å². The number of urea groups is 1. The molecule has 2 aromatic carbocycles. The Morgan fingerprint density at radius 3 is 2.56 bits per heavy atom. The van der Waals surface area contributed by atoms with E-state index in [-0.39, 0.29) is 18.7 Å². The molecule has 0 radical (unpaired) electrons. The fourth-order valence-corrected chi connectivity index (χ4v) is 3.94. The highest BCUT2D eigenvalue weighted by Crippen LogP contribution is 2.32. The molecule has 0 spiro atoms. The van der Waals surface area contributed by atoms with Crippen LogP contribution in [0.25, 0.3) is 22.2 Å². The van der Waals surface area contributed by atoms with Gasteiger partial charge in [-0.15, -0.1) is 0 Å². The molecule has 1 aliphatic rings. The molecule has 7 nitrogen and oxygen atoms in total. The van der Waals surface area contributed by atoms with Crippen LogP contribution >= 0.6 is 0 Å². The number of fused-ring (bicyclic) bond motifs is 1. The number of nitrogens with zero attached hydrogens (tertiary/aromatic N) is 1. The summed E-state index contributed by atoms with van der Waals surface area (Å²) >= 11 is 0. The van der Waals surface area contributed by atoms with Gasteiger partial charge >= 0.3 is 12.0 Å². The van der Waals surface area contributed by atoms with Crippen LogP contribution in [-0.4, -0.2) is 36.7 Å². The van der Waals surface area contributed by atoms with Crippen LogP contribution in [-0.2, 0) is 9.53 Å². The molecule has 2 N–H and O–H groups in total. The number of amides is 2. The Labute approximate surface area is 187 Å². The summed E-state index contributed by atoms with van der Waals surface area (Å²) in [5.41, 5.74) is 2.99. The maximum absolute atomic E-state index is 12.5. The SMILES string of the molecule is COC(=O)COc1cc(-c2ccccc2)nc2ccc(NC(=O)NC3CCCCC3)cc12. The normalized spacial score (nSPS) is 14.0. The van der Waals surface area contributed by atoms with E-state index in [0.29, 0.717) is 22.3 Å². The van der Waals surface area contributed by atoms with Gasteiger partial charge in [-0.25, -0.2) is 14.6 Å². The van der Waals surface area contributed by atoms with Gasteiger partial charge in [-0.05, 0) is 31.0 Å². The zero-order valence-electron chi connectivity index (χ0n) is 18.1. The molecule has 1 aromatic heterocycles. The van der Waals surface area contributed by atoms with Gasteiger partial charge in [0, 0.05) is 28.7 Å². The molecular weight excluding hydrogens is 406 g/mol. The maximum atomic E-state index is 12.5. The number of carbonyl (C=O) groups excluding carboxylic acids is 2. The fourth-order valence-electron chi connectivity index (χ4n) is 3.94. The molecule has 4 rings (SSSR count). The first-order valence-corrected chi connectivity index (χ1v) is 10.9. The minimum absolute atomic E-state index is 0.219. The first kappa shape index (κ1) is 21.6. The molecule has 32 heavy (non-hydrogen) atoms. The van der Waals surface area contributed by atoms with Crippen LogP contribution in [0.1, 0.15) is 32.1 Å². The molecule has 0 bridgehead atoms. The number of benzene rings is 2. The molecule has 2 amide bonds. The molecular formula is C25H27N3O4. The predicted molar refractivity (Wildman–Crippen MR) is 124 cm³/mol. The monoisotopic (exact) mass is 433 g/mol. The summed E-state index contributed by atoms with van der Waals surface area (Å²) in [7, 11) is 1.32. The van der Waals surface area contributed by atoms with Crippen LogP contribution in [0, 0.1) is 0 Å². The van der Waals surface area contributed by atoms with E-state index in [9.17, 15) is 9.59 Å². The van der Waals surface area contributed by atoms with E-state index in [1.54, 1.807) is 6.07 Å². The number of methoxy groups -OCH3 is 1. The first-order valence-electron chi connectivity index (χ1n) is 10.9. The van der Waals surface area contributed by atoms with Crippen molar-refractivity contribution in [2.45, 2.75) is 38.1 Å². The van der Waals surface area contributed by atoms with Gasteiger partial charge in [0.15, 0.2) is 6.61 Å². The van der Waals surface area contributed by atoms with Crippen molar-refractivity contribution in [3.63, 3.8) is 0 Å². The Morgan fingerprint density at radius 2 is 1.81 bits per heavy atom. The van der Waals surface area contributed by atoms with Crippen molar-refractivity contribution in [3.05, 3.63) is 54.6 Å². The summed E-state index contributed by atoms with van der Waals surface area (Å²) < 4.78 is 10.5. The van der Waals surface area contributed by atoms with Gasteiger partial charge < -0.3 is 20.1 Å². The van der Waals surface area contributed by atoms with Crippen molar-refractivity contribution < 1.29 is 19.1 Å². The molecule has 0 saturated heterocycles. The minimum atomic E-state index is -0.475. The van der Waals surface area contributed by atoms with E-state index >= 15 is 0 Å². The van der Waals surface area contributed by atoms with Gasteiger partial charge in [-0.1, -0.05) is 49.6 Å². The number of nitrogens with one attached hydrogen (secondary N) is 2. The number of anilines is 1. The lowest BCUT2D eigenvalue weighted by atomic mass is 9.96. The van der Waals surface area contributed by atoms with E-state index in [4.69, 9.17) is 14.5 Å². The van der Waals surface area contributed by atoms with E-state index < -0.39 is 5.97 Å². The van der Waals surface area contributed by atoms with Gasteiger partial charge in [0.2, 0.25) is 0 Å². The van der Waals surface area contributed by atoms with Crippen LogP contribution in [0.3, 0.4) is 0 Å². The van der Waals surface area contributed by atoms with Crippen LogP contribution in [0.15, 0.2) is 54.6 Å².